The SMILES string of the molecule is FC(F)(F)c1nnc2n1CCC1(CCNCC1)C2. The molecule has 1 spiro atoms. The number of piperidine rings is 1. The summed E-state index contributed by atoms with van der Waals surface area (Å²) in [5, 5.41) is 10.4. The highest BCUT2D eigenvalue weighted by atomic mass is 19.4. The summed E-state index contributed by atoms with van der Waals surface area (Å²) in [4.78, 5) is 0. The van der Waals surface area contributed by atoms with Crippen molar-refractivity contribution < 1.29 is 13.2 Å². The van der Waals surface area contributed by atoms with Crippen LogP contribution in [0.5, 0.6) is 0 Å². The maximum absolute atomic E-state index is 12.7. The van der Waals surface area contributed by atoms with Crippen LogP contribution in [0.15, 0.2) is 0 Å². The number of halogens is 3. The van der Waals surface area contributed by atoms with Gasteiger partial charge in [0.25, 0.3) is 0 Å². The second-order valence-corrected chi connectivity index (χ2v) is 5.27. The molecule has 3 heterocycles. The Morgan fingerprint density at radius 1 is 1.11 bits per heavy atom. The monoisotopic (exact) mass is 260 g/mol. The zero-order chi connectivity index (χ0) is 12.8. The van der Waals surface area contributed by atoms with Crippen molar-refractivity contribution in [3.05, 3.63) is 11.6 Å². The van der Waals surface area contributed by atoms with Crippen molar-refractivity contribution in [2.75, 3.05) is 13.1 Å². The lowest BCUT2D eigenvalue weighted by molar-refractivity contribution is -0.148. The van der Waals surface area contributed by atoms with E-state index in [1.165, 1.54) is 4.57 Å². The van der Waals surface area contributed by atoms with E-state index in [4.69, 9.17) is 0 Å². The minimum Gasteiger partial charge on any atom is -0.317 e. The second-order valence-electron chi connectivity index (χ2n) is 5.27. The molecule has 0 bridgehead atoms. The van der Waals surface area contributed by atoms with E-state index in [9.17, 15) is 13.2 Å². The fraction of sp³-hybridized carbons (Fsp3) is 0.818. The van der Waals surface area contributed by atoms with Gasteiger partial charge in [0.15, 0.2) is 0 Å². The second kappa shape index (κ2) is 3.94. The molecule has 0 aliphatic carbocycles. The van der Waals surface area contributed by atoms with Crippen LogP contribution in [0.3, 0.4) is 0 Å². The third-order valence-electron chi connectivity index (χ3n) is 4.14. The molecule has 1 N–H and O–H groups in total. The van der Waals surface area contributed by atoms with Crippen LogP contribution < -0.4 is 5.32 Å². The van der Waals surface area contributed by atoms with Crippen LogP contribution in [0, 0.1) is 5.41 Å². The Hall–Kier alpha value is -1.11. The van der Waals surface area contributed by atoms with Crippen LogP contribution in [0.1, 0.15) is 30.9 Å². The molecule has 7 heteroatoms. The van der Waals surface area contributed by atoms with E-state index < -0.39 is 12.0 Å². The minimum atomic E-state index is -4.40. The van der Waals surface area contributed by atoms with Crippen molar-refractivity contribution in [2.24, 2.45) is 5.41 Å². The Balaban J connectivity index is 1.88. The molecule has 1 fully saturated rings. The number of nitrogens with zero attached hydrogens (tertiary/aromatic N) is 3. The van der Waals surface area contributed by atoms with E-state index in [2.05, 4.69) is 15.5 Å². The molecule has 1 aromatic heterocycles. The zero-order valence-electron chi connectivity index (χ0n) is 9.93. The van der Waals surface area contributed by atoms with Crippen LogP contribution >= 0.6 is 0 Å². The van der Waals surface area contributed by atoms with Gasteiger partial charge in [0.05, 0.1) is 0 Å². The summed E-state index contributed by atoms with van der Waals surface area (Å²) >= 11 is 0. The van der Waals surface area contributed by atoms with E-state index in [1.54, 1.807) is 0 Å². The third kappa shape index (κ3) is 1.90. The summed E-state index contributed by atoms with van der Waals surface area (Å²) in [6.45, 7) is 2.28. The van der Waals surface area contributed by atoms with Gasteiger partial charge in [-0.2, -0.15) is 13.2 Å². The molecule has 2 aliphatic rings. The number of hydrogen-bond acceptors (Lipinski definition) is 3. The Bertz CT molecular complexity index is 446. The van der Waals surface area contributed by atoms with E-state index in [-0.39, 0.29) is 5.41 Å². The van der Waals surface area contributed by atoms with Crippen LogP contribution in [0.2, 0.25) is 0 Å². The lowest BCUT2D eigenvalue weighted by Gasteiger charge is -2.40. The number of fused-ring (bicyclic) bond motifs is 1. The van der Waals surface area contributed by atoms with Gasteiger partial charge in [-0.25, -0.2) is 0 Å². The molecule has 0 radical (unpaired) electrons. The molecule has 3 rings (SSSR count). The van der Waals surface area contributed by atoms with Crippen molar-refractivity contribution in [1.29, 1.82) is 0 Å². The molecule has 1 saturated heterocycles. The summed E-state index contributed by atoms with van der Waals surface area (Å²) < 4.78 is 39.4. The highest BCUT2D eigenvalue weighted by Gasteiger charge is 2.43. The summed E-state index contributed by atoms with van der Waals surface area (Å²) in [6, 6.07) is 0. The van der Waals surface area contributed by atoms with E-state index >= 15 is 0 Å². The number of alkyl halides is 3. The van der Waals surface area contributed by atoms with E-state index in [1.807, 2.05) is 0 Å². The minimum absolute atomic E-state index is 0.136. The number of nitrogens with one attached hydrogen (secondary N) is 1. The highest BCUT2D eigenvalue weighted by molar-refractivity contribution is 5.07. The Kier molecular flexibility index (Phi) is 2.62. The number of aromatic nitrogens is 3. The van der Waals surface area contributed by atoms with Crippen molar-refractivity contribution in [1.82, 2.24) is 20.1 Å². The standard InChI is InChI=1S/C11H15F3N4/c12-11(13,14)9-17-16-8-7-10(3-6-18(8)9)1-4-15-5-2-10/h15H,1-7H2. The predicted molar refractivity (Wildman–Crippen MR) is 57.9 cm³/mol. The molecule has 4 nitrogen and oxygen atoms in total. The van der Waals surface area contributed by atoms with Gasteiger partial charge < -0.3 is 9.88 Å². The maximum atomic E-state index is 12.7. The smallest absolute Gasteiger partial charge is 0.317 e. The van der Waals surface area contributed by atoms with Crippen LogP contribution in [0.25, 0.3) is 0 Å². The third-order valence-corrected chi connectivity index (χ3v) is 4.14. The molecular formula is C11H15F3N4. The van der Waals surface area contributed by atoms with Crippen molar-refractivity contribution in [3.63, 3.8) is 0 Å². The van der Waals surface area contributed by atoms with Crippen molar-refractivity contribution in [3.8, 4) is 0 Å². The van der Waals surface area contributed by atoms with Crippen LogP contribution in [-0.2, 0) is 19.1 Å². The molecule has 100 valence electrons. The Morgan fingerprint density at radius 2 is 1.83 bits per heavy atom. The van der Waals surface area contributed by atoms with Gasteiger partial charge in [-0.3, -0.25) is 0 Å². The lowest BCUT2D eigenvalue weighted by Crippen LogP contribution is -2.42. The van der Waals surface area contributed by atoms with Crippen molar-refractivity contribution >= 4 is 0 Å². The molecule has 0 unspecified atom stereocenters. The maximum Gasteiger partial charge on any atom is 0.451 e. The summed E-state index contributed by atoms with van der Waals surface area (Å²) in [6.07, 6.45) is -0.952. The Labute approximate surface area is 103 Å². The van der Waals surface area contributed by atoms with E-state index in [0.717, 1.165) is 32.4 Å². The van der Waals surface area contributed by atoms with Crippen LogP contribution in [-0.4, -0.2) is 27.9 Å². The van der Waals surface area contributed by atoms with Gasteiger partial charge in [0.1, 0.15) is 5.82 Å². The van der Waals surface area contributed by atoms with Gasteiger partial charge in [0.2, 0.25) is 5.82 Å². The fourth-order valence-corrected chi connectivity index (χ4v) is 3.07. The summed E-state index contributed by atoms with van der Waals surface area (Å²) in [7, 11) is 0. The number of rotatable bonds is 0. The average Bonchev–Trinajstić information content (AvgIpc) is 2.72. The molecule has 1 aromatic rings. The van der Waals surface area contributed by atoms with Gasteiger partial charge in [-0.05, 0) is 37.8 Å². The predicted octanol–water partition coefficient (Wildman–Crippen LogP) is 1.61. The van der Waals surface area contributed by atoms with E-state index in [0.29, 0.717) is 18.8 Å². The largest absolute Gasteiger partial charge is 0.451 e. The molecule has 2 aliphatic heterocycles. The van der Waals surface area contributed by atoms with Gasteiger partial charge in [-0.1, -0.05) is 0 Å². The van der Waals surface area contributed by atoms with Gasteiger partial charge in [-0.15, -0.1) is 10.2 Å². The Morgan fingerprint density at radius 3 is 2.50 bits per heavy atom. The molecule has 0 aromatic carbocycles. The summed E-state index contributed by atoms with van der Waals surface area (Å²) in [5.41, 5.74) is 0.136. The quantitative estimate of drug-likeness (QED) is 0.770. The molecule has 18 heavy (non-hydrogen) atoms. The average molecular weight is 260 g/mol. The normalized spacial score (nSPS) is 23.1. The lowest BCUT2D eigenvalue weighted by atomic mass is 9.72. The number of hydrogen-bond donors (Lipinski definition) is 1. The molecule has 0 atom stereocenters. The fourth-order valence-electron chi connectivity index (χ4n) is 3.07. The zero-order valence-corrected chi connectivity index (χ0v) is 9.93. The first-order valence-electron chi connectivity index (χ1n) is 6.20. The molecular weight excluding hydrogens is 245 g/mol. The molecule has 0 saturated carbocycles. The first-order chi connectivity index (χ1) is 8.50. The topological polar surface area (TPSA) is 42.7 Å². The summed E-state index contributed by atoms with van der Waals surface area (Å²) in [5.74, 6) is -0.350. The van der Waals surface area contributed by atoms with Crippen LogP contribution in [0.4, 0.5) is 13.2 Å². The van der Waals surface area contributed by atoms with Gasteiger partial charge >= 0.3 is 6.18 Å². The van der Waals surface area contributed by atoms with Gasteiger partial charge in [0, 0.05) is 13.0 Å². The first-order valence-corrected chi connectivity index (χ1v) is 6.20. The van der Waals surface area contributed by atoms with Crippen molar-refractivity contribution in [2.45, 2.75) is 38.4 Å². The highest BCUT2D eigenvalue weighted by Crippen LogP contribution is 2.41. The molecule has 0 amide bonds. The first kappa shape index (κ1) is 12.0.